The normalized spacial score (nSPS) is 11.5. The fourth-order valence-corrected chi connectivity index (χ4v) is 2.71. The van der Waals surface area contributed by atoms with Gasteiger partial charge in [0.15, 0.2) is 0 Å². The Morgan fingerprint density at radius 2 is 2.00 bits per heavy atom. The largest absolute Gasteiger partial charge is 0.259 e. The Kier molecular flexibility index (Phi) is 4.47. The molecule has 2 rings (SSSR count). The van der Waals surface area contributed by atoms with Gasteiger partial charge in [-0.2, -0.15) is 0 Å². The molecule has 0 amide bonds. The third kappa shape index (κ3) is 3.76. The number of benzene rings is 1. The number of allylic oxidation sites excluding steroid dienone is 1. The molecule has 3 nitrogen and oxygen atoms in total. The molecule has 0 saturated heterocycles. The van der Waals surface area contributed by atoms with E-state index in [9.17, 15) is 10.1 Å². The molecule has 2 aromatic rings. The fraction of sp³-hybridized carbons (Fsp3) is 0.200. The lowest BCUT2D eigenvalue weighted by Gasteiger charge is -1.99. The Bertz CT molecular complexity index is 587. The number of aryl methyl sites for hydroxylation is 1. The number of thiophene rings is 1. The molecular weight excluding hydrogens is 258 g/mol. The van der Waals surface area contributed by atoms with Crippen molar-refractivity contribution in [1.29, 1.82) is 0 Å². The van der Waals surface area contributed by atoms with Gasteiger partial charge in [0, 0.05) is 15.8 Å². The van der Waals surface area contributed by atoms with E-state index in [0.717, 1.165) is 16.9 Å². The standard InChI is InChI=1S/C15H15NO2S/c1-2-14-8-9-15(19-14)11-13(16(17)18)10-12-6-4-3-5-7-12/h3-9,11H,2,10H2,1H3. The van der Waals surface area contributed by atoms with E-state index in [-0.39, 0.29) is 10.6 Å². The molecule has 1 heterocycles. The molecule has 1 aromatic carbocycles. The van der Waals surface area contributed by atoms with Crippen molar-refractivity contribution in [3.8, 4) is 0 Å². The van der Waals surface area contributed by atoms with Crippen LogP contribution in [0.1, 0.15) is 22.2 Å². The zero-order valence-electron chi connectivity index (χ0n) is 10.7. The van der Waals surface area contributed by atoms with Crippen molar-refractivity contribution < 1.29 is 4.92 Å². The summed E-state index contributed by atoms with van der Waals surface area (Å²) in [6.07, 6.45) is 3.00. The highest BCUT2D eigenvalue weighted by Gasteiger charge is 2.12. The molecule has 0 fully saturated rings. The Morgan fingerprint density at radius 3 is 2.58 bits per heavy atom. The van der Waals surface area contributed by atoms with Crippen LogP contribution in [0, 0.1) is 10.1 Å². The maximum atomic E-state index is 11.1. The van der Waals surface area contributed by atoms with Crippen molar-refractivity contribution in [3.05, 3.63) is 73.6 Å². The number of hydrogen-bond acceptors (Lipinski definition) is 3. The minimum Gasteiger partial charge on any atom is -0.259 e. The second kappa shape index (κ2) is 6.29. The molecule has 0 aliphatic heterocycles. The van der Waals surface area contributed by atoms with Crippen molar-refractivity contribution in [2.24, 2.45) is 0 Å². The Morgan fingerprint density at radius 1 is 1.26 bits per heavy atom. The van der Waals surface area contributed by atoms with Gasteiger partial charge in [0.25, 0.3) is 5.70 Å². The van der Waals surface area contributed by atoms with E-state index in [0.29, 0.717) is 6.42 Å². The molecule has 0 unspecified atom stereocenters. The van der Waals surface area contributed by atoms with Crippen molar-refractivity contribution in [2.75, 3.05) is 0 Å². The van der Waals surface area contributed by atoms with Gasteiger partial charge in [-0.1, -0.05) is 37.3 Å². The van der Waals surface area contributed by atoms with Gasteiger partial charge in [-0.25, -0.2) is 0 Å². The molecule has 4 heteroatoms. The number of rotatable bonds is 5. The molecule has 0 spiro atoms. The maximum absolute atomic E-state index is 11.1. The SMILES string of the molecule is CCc1ccc(C=C(Cc2ccccc2)[N+](=O)[O-])s1. The summed E-state index contributed by atoms with van der Waals surface area (Å²) in [4.78, 5) is 13.0. The average molecular weight is 273 g/mol. The lowest BCUT2D eigenvalue weighted by atomic mass is 10.1. The van der Waals surface area contributed by atoms with Crippen LogP contribution in [0.3, 0.4) is 0 Å². The van der Waals surface area contributed by atoms with Crippen LogP contribution in [0.4, 0.5) is 0 Å². The molecule has 0 radical (unpaired) electrons. The highest BCUT2D eigenvalue weighted by molar-refractivity contribution is 7.12. The second-order valence-corrected chi connectivity index (χ2v) is 5.41. The van der Waals surface area contributed by atoms with Crippen LogP contribution in [-0.4, -0.2) is 4.92 Å². The Balaban J connectivity index is 2.22. The molecule has 0 bridgehead atoms. The topological polar surface area (TPSA) is 43.1 Å². The van der Waals surface area contributed by atoms with Crippen LogP contribution in [-0.2, 0) is 12.8 Å². The van der Waals surface area contributed by atoms with Crippen molar-refractivity contribution >= 4 is 17.4 Å². The van der Waals surface area contributed by atoms with Gasteiger partial charge < -0.3 is 0 Å². The van der Waals surface area contributed by atoms with Crippen LogP contribution in [0.5, 0.6) is 0 Å². The third-order valence-corrected chi connectivity index (χ3v) is 3.98. The zero-order chi connectivity index (χ0) is 13.7. The first-order valence-corrected chi connectivity index (χ1v) is 6.98. The molecule has 98 valence electrons. The van der Waals surface area contributed by atoms with Crippen LogP contribution in [0.25, 0.3) is 6.08 Å². The zero-order valence-corrected chi connectivity index (χ0v) is 11.5. The number of hydrogen-bond donors (Lipinski definition) is 0. The summed E-state index contributed by atoms with van der Waals surface area (Å²) < 4.78 is 0. The highest BCUT2D eigenvalue weighted by Crippen LogP contribution is 2.21. The molecule has 19 heavy (non-hydrogen) atoms. The summed E-state index contributed by atoms with van der Waals surface area (Å²) in [5.41, 5.74) is 1.19. The first-order valence-electron chi connectivity index (χ1n) is 6.16. The van der Waals surface area contributed by atoms with Gasteiger partial charge in [0.05, 0.1) is 11.3 Å². The fourth-order valence-electron chi connectivity index (χ4n) is 1.80. The third-order valence-electron chi connectivity index (χ3n) is 2.80. The smallest absolute Gasteiger partial charge is 0.252 e. The van der Waals surface area contributed by atoms with Crippen molar-refractivity contribution in [1.82, 2.24) is 0 Å². The van der Waals surface area contributed by atoms with Crippen molar-refractivity contribution in [3.63, 3.8) is 0 Å². The summed E-state index contributed by atoms with van der Waals surface area (Å²) in [5.74, 6) is 0. The summed E-state index contributed by atoms with van der Waals surface area (Å²) in [5, 5.41) is 11.1. The van der Waals surface area contributed by atoms with E-state index in [2.05, 4.69) is 6.92 Å². The lowest BCUT2D eigenvalue weighted by Crippen LogP contribution is -2.01. The molecule has 0 saturated carbocycles. The van der Waals surface area contributed by atoms with E-state index in [1.165, 1.54) is 4.88 Å². The molecule has 1 aromatic heterocycles. The summed E-state index contributed by atoms with van der Waals surface area (Å²) in [7, 11) is 0. The van der Waals surface area contributed by atoms with Crippen LogP contribution >= 0.6 is 11.3 Å². The minimum atomic E-state index is -0.293. The van der Waals surface area contributed by atoms with Gasteiger partial charge in [0.2, 0.25) is 0 Å². The van der Waals surface area contributed by atoms with Crippen LogP contribution in [0.15, 0.2) is 48.2 Å². The maximum Gasteiger partial charge on any atom is 0.252 e. The molecule has 0 N–H and O–H groups in total. The van der Waals surface area contributed by atoms with Gasteiger partial charge in [-0.3, -0.25) is 10.1 Å². The van der Waals surface area contributed by atoms with Crippen LogP contribution in [0.2, 0.25) is 0 Å². The van der Waals surface area contributed by atoms with E-state index < -0.39 is 0 Å². The molecular formula is C15H15NO2S. The van der Waals surface area contributed by atoms with Gasteiger partial charge in [-0.05, 0) is 24.1 Å². The van der Waals surface area contributed by atoms with E-state index in [4.69, 9.17) is 0 Å². The minimum absolute atomic E-state index is 0.232. The Hall–Kier alpha value is -1.94. The molecule has 0 atom stereocenters. The predicted octanol–water partition coefficient (Wildman–Crippen LogP) is 4.17. The molecule has 0 aliphatic carbocycles. The second-order valence-electron chi connectivity index (χ2n) is 4.21. The molecule has 0 aliphatic rings. The van der Waals surface area contributed by atoms with Gasteiger partial charge in [-0.15, -0.1) is 11.3 Å². The number of nitro groups is 1. The van der Waals surface area contributed by atoms with E-state index >= 15 is 0 Å². The highest BCUT2D eigenvalue weighted by atomic mass is 32.1. The summed E-state index contributed by atoms with van der Waals surface area (Å²) in [6, 6.07) is 13.5. The first kappa shape index (κ1) is 13.5. The first-order chi connectivity index (χ1) is 9.19. The number of nitrogens with zero attached hydrogens (tertiary/aromatic N) is 1. The predicted molar refractivity (Wildman–Crippen MR) is 78.8 cm³/mol. The van der Waals surface area contributed by atoms with Gasteiger partial charge in [0.1, 0.15) is 0 Å². The van der Waals surface area contributed by atoms with E-state index in [1.807, 2.05) is 42.5 Å². The van der Waals surface area contributed by atoms with Gasteiger partial charge >= 0.3 is 0 Å². The lowest BCUT2D eigenvalue weighted by molar-refractivity contribution is -0.425. The van der Waals surface area contributed by atoms with Crippen molar-refractivity contribution in [2.45, 2.75) is 19.8 Å². The summed E-state index contributed by atoms with van der Waals surface area (Å²) in [6.45, 7) is 2.08. The Labute approximate surface area is 116 Å². The summed E-state index contributed by atoms with van der Waals surface area (Å²) >= 11 is 1.61. The average Bonchev–Trinajstić information content (AvgIpc) is 2.87. The van der Waals surface area contributed by atoms with Crippen LogP contribution < -0.4 is 0 Å². The quantitative estimate of drug-likeness (QED) is 0.606. The van der Waals surface area contributed by atoms with E-state index in [1.54, 1.807) is 17.4 Å². The monoisotopic (exact) mass is 273 g/mol.